The van der Waals surface area contributed by atoms with E-state index in [1.54, 1.807) is 24.3 Å². The molecular formula is C14H11F2NO2. The number of nitrogens with one attached hydrogen (secondary N) is 1. The molecule has 5 heteroatoms. The lowest BCUT2D eigenvalue weighted by molar-refractivity contribution is 0.101. The predicted molar refractivity (Wildman–Crippen MR) is 67.3 cm³/mol. The molecule has 0 unspecified atom stereocenters. The lowest BCUT2D eigenvalue weighted by Gasteiger charge is -2.07. The first-order chi connectivity index (χ1) is 9.11. The van der Waals surface area contributed by atoms with E-state index in [1.807, 2.05) is 0 Å². The van der Waals surface area contributed by atoms with Gasteiger partial charge in [-0.2, -0.15) is 0 Å². The zero-order valence-electron chi connectivity index (χ0n) is 10.1. The van der Waals surface area contributed by atoms with Crippen LogP contribution in [0.4, 0.5) is 14.5 Å². The van der Waals surface area contributed by atoms with E-state index in [4.69, 9.17) is 4.74 Å². The largest absolute Gasteiger partial charge is 0.497 e. The number of carbonyl (C=O) groups is 1. The van der Waals surface area contributed by atoms with E-state index < -0.39 is 23.1 Å². The molecule has 1 N–H and O–H groups in total. The first kappa shape index (κ1) is 13.0. The Morgan fingerprint density at radius 1 is 1.05 bits per heavy atom. The van der Waals surface area contributed by atoms with E-state index in [2.05, 4.69) is 5.32 Å². The Morgan fingerprint density at radius 3 is 2.16 bits per heavy atom. The van der Waals surface area contributed by atoms with Crippen LogP contribution in [0.25, 0.3) is 0 Å². The Morgan fingerprint density at radius 2 is 1.63 bits per heavy atom. The summed E-state index contributed by atoms with van der Waals surface area (Å²) in [5, 5.41) is 2.42. The molecule has 0 aromatic heterocycles. The maximum Gasteiger partial charge on any atom is 0.261 e. The van der Waals surface area contributed by atoms with Crippen molar-refractivity contribution in [1.82, 2.24) is 0 Å². The molecule has 1 amide bonds. The van der Waals surface area contributed by atoms with Gasteiger partial charge in [-0.25, -0.2) is 8.78 Å². The van der Waals surface area contributed by atoms with Gasteiger partial charge < -0.3 is 10.1 Å². The Balaban J connectivity index is 2.21. The molecule has 0 aliphatic rings. The highest BCUT2D eigenvalue weighted by Gasteiger charge is 2.16. The van der Waals surface area contributed by atoms with Gasteiger partial charge in [-0.1, -0.05) is 6.07 Å². The second kappa shape index (κ2) is 5.48. The van der Waals surface area contributed by atoms with E-state index in [0.717, 1.165) is 12.1 Å². The smallest absolute Gasteiger partial charge is 0.261 e. The van der Waals surface area contributed by atoms with Gasteiger partial charge >= 0.3 is 0 Å². The molecule has 2 rings (SSSR count). The average molecular weight is 263 g/mol. The first-order valence-corrected chi connectivity index (χ1v) is 5.51. The summed E-state index contributed by atoms with van der Waals surface area (Å²) in [5.74, 6) is -2.01. The normalized spacial score (nSPS) is 10.1. The van der Waals surface area contributed by atoms with Gasteiger partial charge in [0, 0.05) is 5.69 Å². The fourth-order valence-electron chi connectivity index (χ4n) is 1.58. The third-order valence-corrected chi connectivity index (χ3v) is 2.54. The summed E-state index contributed by atoms with van der Waals surface area (Å²) in [4.78, 5) is 11.8. The van der Waals surface area contributed by atoms with Crippen LogP contribution >= 0.6 is 0 Å². The summed E-state index contributed by atoms with van der Waals surface area (Å²) >= 11 is 0. The minimum absolute atomic E-state index is 0.424. The van der Waals surface area contributed by atoms with Gasteiger partial charge in [-0.15, -0.1) is 0 Å². The topological polar surface area (TPSA) is 38.3 Å². The van der Waals surface area contributed by atoms with E-state index in [1.165, 1.54) is 13.2 Å². The number of carbonyl (C=O) groups excluding carboxylic acids is 1. The molecule has 0 radical (unpaired) electrons. The lowest BCUT2D eigenvalue weighted by Crippen LogP contribution is -2.15. The van der Waals surface area contributed by atoms with Crippen LogP contribution in [0.2, 0.25) is 0 Å². The van der Waals surface area contributed by atoms with E-state index in [0.29, 0.717) is 11.4 Å². The fourth-order valence-corrected chi connectivity index (χ4v) is 1.58. The molecule has 2 aromatic rings. The third-order valence-electron chi connectivity index (χ3n) is 2.54. The third kappa shape index (κ3) is 2.88. The molecule has 0 saturated heterocycles. The standard InChI is InChI=1S/C14H11F2NO2/c1-19-10-7-5-9(6-8-10)17-14(18)13-11(15)3-2-4-12(13)16/h2-8H,1H3,(H,17,18). The van der Waals surface area contributed by atoms with Crippen LogP contribution in [0, 0.1) is 11.6 Å². The van der Waals surface area contributed by atoms with Crippen molar-refractivity contribution < 1.29 is 18.3 Å². The summed E-state index contributed by atoms with van der Waals surface area (Å²) in [6.45, 7) is 0. The maximum absolute atomic E-state index is 13.4. The molecule has 2 aromatic carbocycles. The van der Waals surface area contributed by atoms with Crippen LogP contribution in [0.5, 0.6) is 5.75 Å². The summed E-state index contributed by atoms with van der Waals surface area (Å²) in [7, 11) is 1.52. The average Bonchev–Trinajstić information content (AvgIpc) is 2.39. The van der Waals surface area contributed by atoms with E-state index in [9.17, 15) is 13.6 Å². The number of rotatable bonds is 3. The molecule has 98 valence electrons. The number of methoxy groups -OCH3 is 1. The van der Waals surface area contributed by atoms with Crippen LogP contribution in [0.1, 0.15) is 10.4 Å². The highest BCUT2D eigenvalue weighted by Crippen LogP contribution is 2.18. The van der Waals surface area contributed by atoms with E-state index >= 15 is 0 Å². The number of benzene rings is 2. The molecule has 0 atom stereocenters. The summed E-state index contributed by atoms with van der Waals surface area (Å²) in [6, 6.07) is 9.69. The summed E-state index contributed by atoms with van der Waals surface area (Å²) in [5.41, 5.74) is -0.174. The Hall–Kier alpha value is -2.43. The van der Waals surface area contributed by atoms with E-state index in [-0.39, 0.29) is 0 Å². The van der Waals surface area contributed by atoms with Crippen molar-refractivity contribution in [1.29, 1.82) is 0 Å². The van der Waals surface area contributed by atoms with Crippen molar-refractivity contribution in [2.24, 2.45) is 0 Å². The molecule has 0 saturated carbocycles. The number of anilines is 1. The van der Waals surface area contributed by atoms with Crippen molar-refractivity contribution in [2.75, 3.05) is 12.4 Å². The van der Waals surface area contributed by atoms with Gasteiger partial charge in [0.25, 0.3) is 5.91 Å². The van der Waals surface area contributed by atoms with Crippen LogP contribution in [-0.2, 0) is 0 Å². The van der Waals surface area contributed by atoms with Crippen molar-refractivity contribution in [3.8, 4) is 5.75 Å². The lowest BCUT2D eigenvalue weighted by atomic mass is 10.2. The summed E-state index contributed by atoms with van der Waals surface area (Å²) < 4.78 is 31.8. The van der Waals surface area contributed by atoms with Crippen molar-refractivity contribution in [3.63, 3.8) is 0 Å². The number of amides is 1. The molecular weight excluding hydrogens is 252 g/mol. The molecule has 0 aliphatic carbocycles. The number of ether oxygens (including phenoxy) is 1. The molecule has 0 aliphatic heterocycles. The molecule has 0 fully saturated rings. The molecule has 0 heterocycles. The van der Waals surface area contributed by atoms with Crippen LogP contribution in [-0.4, -0.2) is 13.0 Å². The number of hydrogen-bond donors (Lipinski definition) is 1. The second-order valence-corrected chi connectivity index (χ2v) is 3.78. The van der Waals surface area contributed by atoms with Crippen molar-refractivity contribution in [2.45, 2.75) is 0 Å². The molecule has 0 bridgehead atoms. The quantitative estimate of drug-likeness (QED) is 0.923. The number of halogens is 2. The van der Waals surface area contributed by atoms with Crippen molar-refractivity contribution >= 4 is 11.6 Å². The minimum atomic E-state index is -0.897. The van der Waals surface area contributed by atoms with Crippen molar-refractivity contribution in [3.05, 3.63) is 59.7 Å². The Kier molecular flexibility index (Phi) is 3.75. The zero-order chi connectivity index (χ0) is 13.8. The second-order valence-electron chi connectivity index (χ2n) is 3.78. The maximum atomic E-state index is 13.4. The predicted octanol–water partition coefficient (Wildman–Crippen LogP) is 3.23. The highest BCUT2D eigenvalue weighted by molar-refractivity contribution is 6.04. The SMILES string of the molecule is COc1ccc(NC(=O)c2c(F)cccc2F)cc1. The molecule has 19 heavy (non-hydrogen) atoms. The van der Waals surface area contributed by atoms with Crippen LogP contribution in [0.15, 0.2) is 42.5 Å². The Bertz CT molecular complexity index is 577. The van der Waals surface area contributed by atoms with Gasteiger partial charge in [0.05, 0.1) is 7.11 Å². The van der Waals surface area contributed by atoms with Gasteiger partial charge in [0.2, 0.25) is 0 Å². The number of hydrogen-bond acceptors (Lipinski definition) is 2. The van der Waals surface area contributed by atoms with Gasteiger partial charge in [-0.3, -0.25) is 4.79 Å². The minimum Gasteiger partial charge on any atom is -0.497 e. The molecule has 0 spiro atoms. The highest BCUT2D eigenvalue weighted by atomic mass is 19.1. The Labute approximate surface area is 108 Å². The van der Waals surface area contributed by atoms with Gasteiger partial charge in [0.1, 0.15) is 22.9 Å². The summed E-state index contributed by atoms with van der Waals surface area (Å²) in [6.07, 6.45) is 0. The fraction of sp³-hybridized carbons (Fsp3) is 0.0714. The first-order valence-electron chi connectivity index (χ1n) is 5.51. The van der Waals surface area contributed by atoms with Crippen LogP contribution < -0.4 is 10.1 Å². The van der Waals surface area contributed by atoms with Crippen LogP contribution in [0.3, 0.4) is 0 Å². The van der Waals surface area contributed by atoms with Gasteiger partial charge in [-0.05, 0) is 36.4 Å². The monoisotopic (exact) mass is 263 g/mol. The van der Waals surface area contributed by atoms with Gasteiger partial charge in [0.15, 0.2) is 0 Å². The molecule has 3 nitrogen and oxygen atoms in total. The zero-order valence-corrected chi connectivity index (χ0v) is 10.1.